The fourth-order valence-electron chi connectivity index (χ4n) is 1.50. The minimum Gasteiger partial charge on any atom is -0.480 e. The van der Waals surface area contributed by atoms with Crippen LogP contribution in [-0.2, 0) is 14.4 Å². The van der Waals surface area contributed by atoms with Crippen molar-refractivity contribution < 1.29 is 19.5 Å². The summed E-state index contributed by atoms with van der Waals surface area (Å²) in [6.45, 7) is 0. The van der Waals surface area contributed by atoms with Crippen LogP contribution in [0.5, 0.6) is 0 Å². The van der Waals surface area contributed by atoms with Crippen molar-refractivity contribution in [3.63, 3.8) is 0 Å². The molecule has 0 heterocycles. The van der Waals surface area contributed by atoms with Gasteiger partial charge < -0.3 is 16.2 Å². The Morgan fingerprint density at radius 3 is 2.71 bits per heavy atom. The summed E-state index contributed by atoms with van der Waals surface area (Å²) in [5.74, 6) is -2.85. The van der Waals surface area contributed by atoms with Gasteiger partial charge in [0.25, 0.3) is 0 Å². The number of nitrogens with one attached hydrogen (secondary N) is 1. The zero-order valence-electron chi connectivity index (χ0n) is 10.9. The second-order valence-electron chi connectivity index (χ2n) is 4.14. The van der Waals surface area contributed by atoms with Gasteiger partial charge in [-0.1, -0.05) is 12.1 Å². The molecule has 0 bridgehead atoms. The smallest absolute Gasteiger partial charge is 0.326 e. The number of primary amides is 1. The van der Waals surface area contributed by atoms with E-state index in [1.54, 1.807) is 24.3 Å². The van der Waals surface area contributed by atoms with E-state index in [4.69, 9.17) is 16.1 Å². The predicted molar refractivity (Wildman–Crippen MR) is 73.6 cm³/mol. The van der Waals surface area contributed by atoms with E-state index in [1.807, 2.05) is 6.07 Å². The quantitative estimate of drug-likeness (QED) is 0.634. The number of nitrogens with zero attached hydrogens (tertiary/aromatic N) is 1. The lowest BCUT2D eigenvalue weighted by Gasteiger charge is -2.10. The highest BCUT2D eigenvalue weighted by molar-refractivity contribution is 5.95. The summed E-state index contributed by atoms with van der Waals surface area (Å²) in [7, 11) is 0. The van der Waals surface area contributed by atoms with Crippen LogP contribution in [-0.4, -0.2) is 28.9 Å². The normalized spacial score (nSPS) is 11.6. The lowest BCUT2D eigenvalue weighted by Crippen LogP contribution is -2.42. The van der Waals surface area contributed by atoms with E-state index < -0.39 is 30.2 Å². The Bertz CT molecular complexity index is 631. The molecule has 0 aliphatic heterocycles. The van der Waals surface area contributed by atoms with E-state index in [1.165, 1.54) is 6.08 Å². The van der Waals surface area contributed by atoms with E-state index in [0.29, 0.717) is 11.1 Å². The summed E-state index contributed by atoms with van der Waals surface area (Å²) < 4.78 is 0. The van der Waals surface area contributed by atoms with Gasteiger partial charge in [0, 0.05) is 6.08 Å². The van der Waals surface area contributed by atoms with Crippen molar-refractivity contribution in [1.82, 2.24) is 5.32 Å². The molecule has 1 atom stereocenters. The summed E-state index contributed by atoms with van der Waals surface area (Å²) in [5, 5.41) is 19.7. The molecule has 0 fully saturated rings. The van der Waals surface area contributed by atoms with E-state index in [-0.39, 0.29) is 0 Å². The number of hydrogen-bond acceptors (Lipinski definition) is 4. The summed E-state index contributed by atoms with van der Waals surface area (Å²) in [5.41, 5.74) is 5.96. The molecule has 21 heavy (non-hydrogen) atoms. The molecular weight excluding hydrogens is 274 g/mol. The van der Waals surface area contributed by atoms with Crippen LogP contribution in [0.15, 0.2) is 30.3 Å². The maximum atomic E-state index is 11.6. The number of carboxylic acid groups (broad SMARTS) is 1. The van der Waals surface area contributed by atoms with E-state index in [2.05, 4.69) is 5.32 Å². The van der Waals surface area contributed by atoms with Crippen molar-refractivity contribution >= 4 is 23.9 Å². The van der Waals surface area contributed by atoms with Crippen molar-refractivity contribution in [2.45, 2.75) is 12.5 Å². The SMILES string of the molecule is N#Cc1cccc(/C=C/C(=O)N[C@H](CC(N)=O)C(=O)O)c1. The molecule has 7 nitrogen and oxygen atoms in total. The third kappa shape index (κ3) is 5.57. The molecule has 1 aromatic rings. The molecule has 7 heteroatoms. The predicted octanol–water partition coefficient (Wildman–Crippen LogP) is 0.0163. The maximum Gasteiger partial charge on any atom is 0.326 e. The first kappa shape index (κ1) is 15.9. The summed E-state index contributed by atoms with van der Waals surface area (Å²) in [6, 6.07) is 7.12. The van der Waals surface area contributed by atoms with Gasteiger partial charge in [-0.25, -0.2) is 4.79 Å². The molecule has 0 aliphatic rings. The van der Waals surface area contributed by atoms with Gasteiger partial charge in [-0.15, -0.1) is 0 Å². The number of aliphatic carboxylic acids is 1. The zero-order chi connectivity index (χ0) is 15.8. The van der Waals surface area contributed by atoms with Crippen LogP contribution in [0.2, 0.25) is 0 Å². The number of amides is 2. The van der Waals surface area contributed by atoms with Crippen molar-refractivity contribution in [1.29, 1.82) is 5.26 Å². The van der Waals surface area contributed by atoms with Crippen molar-refractivity contribution in [3.05, 3.63) is 41.5 Å². The van der Waals surface area contributed by atoms with Crippen molar-refractivity contribution in [2.24, 2.45) is 5.73 Å². The number of benzene rings is 1. The molecule has 0 aliphatic carbocycles. The van der Waals surface area contributed by atoms with Crippen molar-refractivity contribution in [3.8, 4) is 6.07 Å². The van der Waals surface area contributed by atoms with Gasteiger partial charge in [-0.2, -0.15) is 5.26 Å². The van der Waals surface area contributed by atoms with E-state index >= 15 is 0 Å². The molecule has 0 spiro atoms. The fourth-order valence-corrected chi connectivity index (χ4v) is 1.50. The molecule has 0 radical (unpaired) electrons. The van der Waals surface area contributed by atoms with Crippen LogP contribution >= 0.6 is 0 Å². The topological polar surface area (TPSA) is 133 Å². The maximum absolute atomic E-state index is 11.6. The monoisotopic (exact) mass is 287 g/mol. The second kappa shape index (κ2) is 7.45. The average molecular weight is 287 g/mol. The Morgan fingerprint density at radius 1 is 1.43 bits per heavy atom. The molecule has 2 amide bonds. The molecule has 108 valence electrons. The summed E-state index contributed by atoms with van der Waals surface area (Å²) >= 11 is 0. The fraction of sp³-hybridized carbons (Fsp3) is 0.143. The molecule has 0 saturated carbocycles. The zero-order valence-corrected chi connectivity index (χ0v) is 10.9. The molecule has 4 N–H and O–H groups in total. The highest BCUT2D eigenvalue weighted by atomic mass is 16.4. The number of carboxylic acids is 1. The number of nitrogens with two attached hydrogens (primary N) is 1. The molecule has 1 rings (SSSR count). The Labute approximate surface area is 120 Å². The third-order valence-corrected chi connectivity index (χ3v) is 2.46. The van der Waals surface area contributed by atoms with Crippen LogP contribution in [0.1, 0.15) is 17.5 Å². The molecule has 1 aromatic carbocycles. The average Bonchev–Trinajstić information content (AvgIpc) is 2.44. The highest BCUT2D eigenvalue weighted by Gasteiger charge is 2.20. The minimum atomic E-state index is -1.37. The highest BCUT2D eigenvalue weighted by Crippen LogP contribution is 2.06. The molecule has 0 aromatic heterocycles. The van der Waals surface area contributed by atoms with Crippen LogP contribution in [0.4, 0.5) is 0 Å². The van der Waals surface area contributed by atoms with Crippen LogP contribution in [0.3, 0.4) is 0 Å². The van der Waals surface area contributed by atoms with Gasteiger partial charge in [-0.05, 0) is 23.8 Å². The van der Waals surface area contributed by atoms with E-state index in [9.17, 15) is 14.4 Å². The summed E-state index contributed by atoms with van der Waals surface area (Å²) in [4.78, 5) is 33.1. The lowest BCUT2D eigenvalue weighted by atomic mass is 10.1. The van der Waals surface area contributed by atoms with Crippen LogP contribution < -0.4 is 11.1 Å². The molecular formula is C14H13N3O4. The van der Waals surface area contributed by atoms with Gasteiger partial charge in [0.1, 0.15) is 6.04 Å². The van der Waals surface area contributed by atoms with Gasteiger partial charge in [0.05, 0.1) is 18.1 Å². The number of carbonyl (C=O) groups excluding carboxylic acids is 2. The van der Waals surface area contributed by atoms with Gasteiger partial charge in [0.2, 0.25) is 11.8 Å². The minimum absolute atomic E-state index is 0.440. The van der Waals surface area contributed by atoms with E-state index in [0.717, 1.165) is 6.08 Å². The van der Waals surface area contributed by atoms with Crippen LogP contribution in [0, 0.1) is 11.3 Å². The van der Waals surface area contributed by atoms with Gasteiger partial charge in [0.15, 0.2) is 0 Å². The third-order valence-electron chi connectivity index (χ3n) is 2.46. The number of nitriles is 1. The van der Waals surface area contributed by atoms with Crippen LogP contribution in [0.25, 0.3) is 6.08 Å². The number of rotatable bonds is 6. The molecule has 0 unspecified atom stereocenters. The Kier molecular flexibility index (Phi) is 5.65. The second-order valence-corrected chi connectivity index (χ2v) is 4.14. The Morgan fingerprint density at radius 2 is 2.14 bits per heavy atom. The standard InChI is InChI=1S/C14H13N3O4/c15-8-10-3-1-2-9(6-10)4-5-13(19)17-11(14(20)21)7-12(16)18/h1-6,11H,7H2,(H2,16,18)(H,17,19)(H,20,21)/b5-4+/t11-/m1/s1. The number of carbonyl (C=O) groups is 3. The Hall–Kier alpha value is -3.14. The first-order valence-electron chi connectivity index (χ1n) is 5.92. The number of hydrogen-bond donors (Lipinski definition) is 3. The lowest BCUT2D eigenvalue weighted by molar-refractivity contribution is -0.142. The largest absolute Gasteiger partial charge is 0.480 e. The van der Waals surface area contributed by atoms with Gasteiger partial charge in [-0.3, -0.25) is 9.59 Å². The molecule has 0 saturated heterocycles. The first-order valence-corrected chi connectivity index (χ1v) is 5.92. The Balaban J connectivity index is 2.71. The first-order chi connectivity index (χ1) is 9.92. The summed E-state index contributed by atoms with van der Waals surface area (Å²) in [6.07, 6.45) is 2.06. The van der Waals surface area contributed by atoms with Crippen molar-refractivity contribution in [2.75, 3.05) is 0 Å². The van der Waals surface area contributed by atoms with Gasteiger partial charge >= 0.3 is 5.97 Å².